The van der Waals surface area contributed by atoms with Crippen LogP contribution in [0.15, 0.2) is 47.6 Å². The molecule has 2 N–H and O–H groups in total. The van der Waals surface area contributed by atoms with Crippen molar-refractivity contribution in [2.45, 2.75) is 32.4 Å². The first-order chi connectivity index (χ1) is 14.7. The van der Waals surface area contributed by atoms with Gasteiger partial charge in [-0.25, -0.2) is 0 Å². The maximum atomic E-state index is 5.39. The Morgan fingerprint density at radius 1 is 1.19 bits per heavy atom. The van der Waals surface area contributed by atoms with Crippen LogP contribution in [0.1, 0.15) is 24.6 Å². The molecule has 0 aliphatic carbocycles. The number of halogens is 1. The standard InChI is InChI=1S/C23H33N5O2.HI/c1-4-24-23(26-11-8-19-7-5-6-10-25-19)27-20-9-12-28(17-20)16-18-13-21(29-2)15-22(14-18)30-3;/h5-7,10,13-15,20H,4,8-9,11-12,16-17H2,1-3H3,(H2,24,26,27);1H. The SMILES string of the molecule is CCNC(=NCCc1ccccn1)NC1CCN(Cc2cc(OC)cc(OC)c2)C1.I. The first kappa shape index (κ1) is 25.2. The average Bonchev–Trinajstić information content (AvgIpc) is 3.20. The van der Waals surface area contributed by atoms with Crippen molar-refractivity contribution in [1.29, 1.82) is 0 Å². The number of ether oxygens (including phenoxy) is 2. The molecule has 1 aliphatic heterocycles. The molecule has 8 heteroatoms. The van der Waals surface area contributed by atoms with Crippen LogP contribution in [-0.2, 0) is 13.0 Å². The van der Waals surface area contributed by atoms with E-state index in [2.05, 4.69) is 39.6 Å². The van der Waals surface area contributed by atoms with Gasteiger partial charge in [-0.2, -0.15) is 0 Å². The predicted molar refractivity (Wildman–Crippen MR) is 136 cm³/mol. The van der Waals surface area contributed by atoms with E-state index < -0.39 is 0 Å². The van der Waals surface area contributed by atoms with Gasteiger partial charge in [0.1, 0.15) is 11.5 Å². The van der Waals surface area contributed by atoms with Crippen LogP contribution in [0.4, 0.5) is 0 Å². The Hall–Kier alpha value is -2.07. The van der Waals surface area contributed by atoms with Gasteiger partial charge < -0.3 is 20.1 Å². The van der Waals surface area contributed by atoms with E-state index in [0.717, 1.165) is 62.2 Å². The molecule has 1 atom stereocenters. The Balaban J connectivity index is 0.00000341. The highest BCUT2D eigenvalue weighted by Crippen LogP contribution is 2.24. The number of pyridine rings is 1. The average molecular weight is 539 g/mol. The molecule has 0 radical (unpaired) electrons. The Morgan fingerprint density at radius 2 is 1.97 bits per heavy atom. The predicted octanol–water partition coefficient (Wildman–Crippen LogP) is 3.09. The lowest BCUT2D eigenvalue weighted by Crippen LogP contribution is -2.44. The summed E-state index contributed by atoms with van der Waals surface area (Å²) in [6.07, 6.45) is 3.76. The van der Waals surface area contributed by atoms with E-state index in [-0.39, 0.29) is 24.0 Å². The van der Waals surface area contributed by atoms with Gasteiger partial charge in [0.15, 0.2) is 5.96 Å². The number of nitrogens with zero attached hydrogens (tertiary/aromatic N) is 3. The van der Waals surface area contributed by atoms with Gasteiger partial charge >= 0.3 is 0 Å². The van der Waals surface area contributed by atoms with Crippen molar-refractivity contribution < 1.29 is 9.47 Å². The highest BCUT2D eigenvalue weighted by Gasteiger charge is 2.23. The van der Waals surface area contributed by atoms with Crippen LogP contribution in [0.3, 0.4) is 0 Å². The van der Waals surface area contributed by atoms with Crippen molar-refractivity contribution in [3.05, 3.63) is 53.9 Å². The molecule has 3 rings (SSSR count). The van der Waals surface area contributed by atoms with Crippen molar-refractivity contribution in [2.75, 3.05) is 40.4 Å². The molecule has 1 fully saturated rings. The summed E-state index contributed by atoms with van der Waals surface area (Å²) in [4.78, 5) is 11.5. The van der Waals surface area contributed by atoms with Crippen molar-refractivity contribution in [3.63, 3.8) is 0 Å². The molecule has 2 heterocycles. The van der Waals surface area contributed by atoms with Gasteiger partial charge in [0.05, 0.1) is 14.2 Å². The van der Waals surface area contributed by atoms with Crippen molar-refractivity contribution in [3.8, 4) is 11.5 Å². The molecular formula is C23H34IN5O2. The molecule has 1 aromatic carbocycles. The second-order valence-corrected chi connectivity index (χ2v) is 7.42. The van der Waals surface area contributed by atoms with E-state index in [9.17, 15) is 0 Å². The molecule has 1 aliphatic rings. The number of nitrogens with one attached hydrogen (secondary N) is 2. The summed E-state index contributed by atoms with van der Waals surface area (Å²) in [5.74, 6) is 2.53. The second-order valence-electron chi connectivity index (χ2n) is 7.42. The third kappa shape index (κ3) is 8.17. The minimum atomic E-state index is 0. The normalized spacial score (nSPS) is 16.5. The van der Waals surface area contributed by atoms with Crippen LogP contribution in [-0.4, -0.2) is 62.3 Å². The molecule has 0 bridgehead atoms. The number of aromatic nitrogens is 1. The van der Waals surface area contributed by atoms with Crippen molar-refractivity contribution in [2.24, 2.45) is 4.99 Å². The van der Waals surface area contributed by atoms with Gasteiger partial charge in [0.25, 0.3) is 0 Å². The van der Waals surface area contributed by atoms with Gasteiger partial charge in [-0.3, -0.25) is 14.9 Å². The summed E-state index contributed by atoms with van der Waals surface area (Å²) < 4.78 is 10.8. The number of methoxy groups -OCH3 is 2. The van der Waals surface area contributed by atoms with Crippen molar-refractivity contribution >= 4 is 29.9 Å². The Labute approximate surface area is 202 Å². The molecule has 31 heavy (non-hydrogen) atoms. The van der Waals surface area contributed by atoms with Gasteiger partial charge in [0, 0.05) is 63.1 Å². The summed E-state index contributed by atoms with van der Waals surface area (Å²) in [7, 11) is 3.37. The fraction of sp³-hybridized carbons (Fsp3) is 0.478. The summed E-state index contributed by atoms with van der Waals surface area (Å²) in [6, 6.07) is 12.4. The van der Waals surface area contributed by atoms with Crippen LogP contribution >= 0.6 is 24.0 Å². The van der Waals surface area contributed by atoms with Crippen LogP contribution in [0, 0.1) is 0 Å². The highest BCUT2D eigenvalue weighted by molar-refractivity contribution is 14.0. The van der Waals surface area contributed by atoms with Crippen LogP contribution in [0.5, 0.6) is 11.5 Å². The molecule has 170 valence electrons. The van der Waals surface area contributed by atoms with E-state index in [4.69, 9.17) is 14.5 Å². The molecule has 1 saturated heterocycles. The lowest BCUT2D eigenvalue weighted by Gasteiger charge is -2.19. The first-order valence-corrected chi connectivity index (χ1v) is 10.6. The molecule has 1 aromatic heterocycles. The van der Waals surface area contributed by atoms with E-state index >= 15 is 0 Å². The van der Waals surface area contributed by atoms with Crippen LogP contribution in [0.25, 0.3) is 0 Å². The van der Waals surface area contributed by atoms with E-state index in [1.807, 2.05) is 30.5 Å². The maximum Gasteiger partial charge on any atom is 0.191 e. The molecule has 1 unspecified atom stereocenters. The second kappa shape index (κ2) is 13.4. The number of aliphatic imine (C=N–C) groups is 1. The van der Waals surface area contributed by atoms with Gasteiger partial charge in [-0.15, -0.1) is 24.0 Å². The Kier molecular flexibility index (Phi) is 10.9. The smallest absolute Gasteiger partial charge is 0.191 e. The molecule has 7 nitrogen and oxygen atoms in total. The number of hydrogen-bond donors (Lipinski definition) is 2. The van der Waals surface area contributed by atoms with Crippen LogP contribution < -0.4 is 20.1 Å². The Morgan fingerprint density at radius 3 is 2.61 bits per heavy atom. The van der Waals surface area contributed by atoms with Crippen molar-refractivity contribution in [1.82, 2.24) is 20.5 Å². The fourth-order valence-corrected chi connectivity index (χ4v) is 3.65. The monoisotopic (exact) mass is 539 g/mol. The molecular weight excluding hydrogens is 505 g/mol. The summed E-state index contributed by atoms with van der Waals surface area (Å²) in [6.45, 7) is 6.54. The zero-order valence-corrected chi connectivity index (χ0v) is 21.0. The van der Waals surface area contributed by atoms with Crippen LogP contribution in [0.2, 0.25) is 0 Å². The lowest BCUT2D eigenvalue weighted by molar-refractivity contribution is 0.321. The number of rotatable bonds is 9. The first-order valence-electron chi connectivity index (χ1n) is 10.6. The summed E-state index contributed by atoms with van der Waals surface area (Å²) in [5, 5.41) is 6.95. The molecule has 0 spiro atoms. The lowest BCUT2D eigenvalue weighted by atomic mass is 10.2. The maximum absolute atomic E-state index is 5.39. The zero-order chi connectivity index (χ0) is 21.2. The van der Waals surface area contributed by atoms with E-state index in [1.54, 1.807) is 14.2 Å². The fourth-order valence-electron chi connectivity index (χ4n) is 3.65. The third-order valence-electron chi connectivity index (χ3n) is 5.14. The van der Waals surface area contributed by atoms with Gasteiger partial charge in [-0.05, 0) is 43.2 Å². The quantitative estimate of drug-likeness (QED) is 0.290. The number of benzene rings is 1. The molecule has 0 amide bonds. The minimum Gasteiger partial charge on any atom is -0.497 e. The summed E-state index contributed by atoms with van der Waals surface area (Å²) >= 11 is 0. The largest absolute Gasteiger partial charge is 0.497 e. The topological polar surface area (TPSA) is 71.0 Å². The Bertz CT molecular complexity index is 797. The van der Waals surface area contributed by atoms with E-state index in [1.165, 1.54) is 5.56 Å². The molecule has 0 saturated carbocycles. The van der Waals surface area contributed by atoms with E-state index in [0.29, 0.717) is 12.6 Å². The number of likely N-dealkylation sites (tertiary alicyclic amines) is 1. The highest BCUT2D eigenvalue weighted by atomic mass is 127. The van der Waals surface area contributed by atoms with Gasteiger partial charge in [-0.1, -0.05) is 6.07 Å². The minimum absolute atomic E-state index is 0. The third-order valence-corrected chi connectivity index (χ3v) is 5.14. The van der Waals surface area contributed by atoms with Gasteiger partial charge in [0.2, 0.25) is 0 Å². The zero-order valence-electron chi connectivity index (χ0n) is 18.6. The number of guanidine groups is 1. The number of hydrogen-bond acceptors (Lipinski definition) is 5. The summed E-state index contributed by atoms with van der Waals surface area (Å²) in [5.41, 5.74) is 2.26. The molecule has 2 aromatic rings.